The SMILES string of the molecule is CCCCCCCCC1(CCCCCCCCC(=O)O)OCC(C)(C)N1[O]. The quantitative estimate of drug-likeness (QED) is 0.327. The molecule has 5 heteroatoms. The topological polar surface area (TPSA) is 69.7 Å². The fourth-order valence-electron chi connectivity index (χ4n) is 4.02. The Hall–Kier alpha value is -0.650. The van der Waals surface area contributed by atoms with Crippen LogP contribution in [0.3, 0.4) is 0 Å². The number of carboxylic acids is 1. The van der Waals surface area contributed by atoms with Crippen LogP contribution >= 0.6 is 0 Å². The Balaban J connectivity index is 2.32. The van der Waals surface area contributed by atoms with E-state index in [9.17, 15) is 10.0 Å². The summed E-state index contributed by atoms with van der Waals surface area (Å²) in [5.74, 6) is -0.705. The van der Waals surface area contributed by atoms with E-state index in [0.717, 1.165) is 57.8 Å². The fraction of sp³-hybridized carbons (Fsp3) is 0.955. The van der Waals surface area contributed by atoms with Gasteiger partial charge in [0.1, 0.15) is 5.72 Å². The maximum atomic E-state index is 12.9. The van der Waals surface area contributed by atoms with Crippen LogP contribution in [-0.4, -0.2) is 34.0 Å². The number of carbonyl (C=O) groups is 1. The lowest BCUT2D eigenvalue weighted by Gasteiger charge is -2.35. The van der Waals surface area contributed by atoms with Gasteiger partial charge >= 0.3 is 5.97 Å². The van der Waals surface area contributed by atoms with E-state index in [0.29, 0.717) is 6.61 Å². The fourth-order valence-corrected chi connectivity index (χ4v) is 4.02. The number of nitrogens with zero attached hydrogens (tertiary/aromatic N) is 1. The molecule has 159 valence electrons. The van der Waals surface area contributed by atoms with Gasteiger partial charge in [0.25, 0.3) is 0 Å². The molecule has 0 bridgehead atoms. The summed E-state index contributed by atoms with van der Waals surface area (Å²) in [7, 11) is 0. The lowest BCUT2D eigenvalue weighted by Crippen LogP contribution is -2.49. The first-order chi connectivity index (χ1) is 12.8. The molecule has 0 aromatic rings. The summed E-state index contributed by atoms with van der Waals surface area (Å²) in [5, 5.41) is 22.8. The van der Waals surface area contributed by atoms with Crippen molar-refractivity contribution in [3.05, 3.63) is 0 Å². The first-order valence-electron chi connectivity index (χ1n) is 11.2. The average molecular weight is 385 g/mol. The Kier molecular flexibility index (Phi) is 11.5. The summed E-state index contributed by atoms with van der Waals surface area (Å²) in [6, 6.07) is 0. The molecule has 5 nitrogen and oxygen atoms in total. The average Bonchev–Trinajstić information content (AvgIpc) is 2.84. The summed E-state index contributed by atoms with van der Waals surface area (Å²) >= 11 is 0. The predicted molar refractivity (Wildman–Crippen MR) is 108 cm³/mol. The van der Waals surface area contributed by atoms with Gasteiger partial charge < -0.3 is 9.84 Å². The number of hydrogen-bond donors (Lipinski definition) is 1. The molecule has 0 amide bonds. The Morgan fingerprint density at radius 1 is 0.889 bits per heavy atom. The summed E-state index contributed by atoms with van der Waals surface area (Å²) in [5.41, 5.74) is -1.06. The van der Waals surface area contributed by atoms with Gasteiger partial charge in [-0.05, 0) is 46.0 Å². The number of hydroxylamine groups is 2. The molecule has 1 aliphatic heterocycles. The van der Waals surface area contributed by atoms with E-state index < -0.39 is 17.2 Å². The maximum absolute atomic E-state index is 12.9. The summed E-state index contributed by atoms with van der Waals surface area (Å²) in [6.45, 7) is 6.70. The van der Waals surface area contributed by atoms with Gasteiger partial charge in [-0.1, -0.05) is 64.7 Å². The molecular formula is C22H42NO4. The molecule has 1 unspecified atom stereocenters. The molecule has 1 N–H and O–H groups in total. The van der Waals surface area contributed by atoms with Crippen molar-refractivity contribution in [3.8, 4) is 0 Å². The first-order valence-corrected chi connectivity index (χ1v) is 11.2. The van der Waals surface area contributed by atoms with Gasteiger partial charge in [-0.15, -0.1) is 10.3 Å². The largest absolute Gasteiger partial charge is 0.481 e. The third kappa shape index (κ3) is 8.93. The van der Waals surface area contributed by atoms with E-state index in [-0.39, 0.29) is 6.42 Å². The van der Waals surface area contributed by atoms with Crippen molar-refractivity contribution in [2.75, 3.05) is 6.61 Å². The van der Waals surface area contributed by atoms with Crippen LogP contribution in [0.4, 0.5) is 0 Å². The number of aliphatic carboxylic acids is 1. The Labute approximate surface area is 166 Å². The number of rotatable bonds is 16. The van der Waals surface area contributed by atoms with Crippen molar-refractivity contribution in [1.29, 1.82) is 0 Å². The number of ether oxygens (including phenoxy) is 1. The highest BCUT2D eigenvalue weighted by atomic mass is 16.6. The van der Waals surface area contributed by atoms with Crippen LogP contribution in [0.1, 0.15) is 117 Å². The second-order valence-corrected chi connectivity index (χ2v) is 8.87. The standard InChI is InChI=1S/C22H42NO4/c1-4-5-6-7-11-14-17-22(23(26)21(2,3)19-27-22)18-15-12-9-8-10-13-16-20(24)25/h4-19H2,1-3H3,(H,24,25). The van der Waals surface area contributed by atoms with Crippen molar-refractivity contribution in [1.82, 2.24) is 5.06 Å². The van der Waals surface area contributed by atoms with Gasteiger partial charge in [-0.2, -0.15) is 0 Å². The van der Waals surface area contributed by atoms with E-state index in [2.05, 4.69) is 6.92 Å². The number of hydrogen-bond acceptors (Lipinski definition) is 3. The molecular weight excluding hydrogens is 342 g/mol. The smallest absolute Gasteiger partial charge is 0.303 e. The lowest BCUT2D eigenvalue weighted by atomic mass is 9.95. The van der Waals surface area contributed by atoms with Crippen molar-refractivity contribution < 1.29 is 19.8 Å². The minimum Gasteiger partial charge on any atom is -0.481 e. The van der Waals surface area contributed by atoms with E-state index in [1.807, 2.05) is 13.8 Å². The van der Waals surface area contributed by atoms with Gasteiger partial charge in [-0.25, -0.2) is 0 Å². The van der Waals surface area contributed by atoms with Crippen LogP contribution in [0, 0.1) is 0 Å². The monoisotopic (exact) mass is 384 g/mol. The molecule has 27 heavy (non-hydrogen) atoms. The van der Waals surface area contributed by atoms with Crippen LogP contribution in [0.15, 0.2) is 0 Å². The molecule has 1 fully saturated rings. The second kappa shape index (κ2) is 12.7. The third-order valence-electron chi connectivity index (χ3n) is 5.74. The van der Waals surface area contributed by atoms with Crippen molar-refractivity contribution in [3.63, 3.8) is 0 Å². The number of unbranched alkanes of at least 4 members (excludes halogenated alkanes) is 10. The van der Waals surface area contributed by atoms with Crippen LogP contribution in [-0.2, 0) is 14.7 Å². The van der Waals surface area contributed by atoms with Crippen LogP contribution in [0.25, 0.3) is 0 Å². The molecule has 0 spiro atoms. The van der Waals surface area contributed by atoms with Crippen molar-refractivity contribution >= 4 is 5.97 Å². The number of carboxylic acid groups (broad SMARTS) is 1. The molecule has 1 saturated heterocycles. The minimum absolute atomic E-state index is 0.273. The van der Waals surface area contributed by atoms with E-state index >= 15 is 0 Å². The molecule has 0 aliphatic carbocycles. The highest BCUT2D eigenvalue weighted by Crippen LogP contribution is 2.40. The Bertz CT molecular complexity index is 413. The second-order valence-electron chi connectivity index (χ2n) is 8.87. The zero-order valence-corrected chi connectivity index (χ0v) is 17.9. The van der Waals surface area contributed by atoms with Crippen LogP contribution in [0.5, 0.6) is 0 Å². The summed E-state index contributed by atoms with van der Waals surface area (Å²) in [4.78, 5) is 10.5. The molecule has 1 aliphatic rings. The highest BCUT2D eigenvalue weighted by Gasteiger charge is 2.51. The van der Waals surface area contributed by atoms with Crippen molar-refractivity contribution in [2.24, 2.45) is 0 Å². The highest BCUT2D eigenvalue weighted by molar-refractivity contribution is 5.66. The zero-order chi connectivity index (χ0) is 20.2. The predicted octanol–water partition coefficient (Wildman–Crippen LogP) is 6.10. The maximum Gasteiger partial charge on any atom is 0.303 e. The van der Waals surface area contributed by atoms with Gasteiger partial charge in [0.05, 0.1) is 12.1 Å². The Morgan fingerprint density at radius 3 is 1.81 bits per heavy atom. The van der Waals surface area contributed by atoms with Crippen LogP contribution in [0.2, 0.25) is 0 Å². The summed E-state index contributed by atoms with van der Waals surface area (Å²) in [6.07, 6.45) is 15.3. The van der Waals surface area contributed by atoms with E-state index in [4.69, 9.17) is 9.84 Å². The molecule has 1 atom stereocenters. The van der Waals surface area contributed by atoms with E-state index in [1.165, 1.54) is 37.2 Å². The first kappa shape index (κ1) is 24.4. The zero-order valence-electron chi connectivity index (χ0n) is 17.9. The summed E-state index contributed by atoms with van der Waals surface area (Å²) < 4.78 is 6.12. The van der Waals surface area contributed by atoms with Gasteiger partial charge in [0, 0.05) is 6.42 Å². The third-order valence-corrected chi connectivity index (χ3v) is 5.74. The van der Waals surface area contributed by atoms with Gasteiger partial charge in [-0.3, -0.25) is 4.79 Å². The van der Waals surface area contributed by atoms with Gasteiger partial charge in [0.15, 0.2) is 0 Å². The minimum atomic E-state index is -0.705. The van der Waals surface area contributed by atoms with E-state index in [1.54, 1.807) is 0 Å². The molecule has 0 aromatic carbocycles. The molecule has 0 aromatic heterocycles. The van der Waals surface area contributed by atoms with Crippen LogP contribution < -0.4 is 0 Å². The lowest BCUT2D eigenvalue weighted by molar-refractivity contribution is -0.296. The normalized spacial score (nSPS) is 22.4. The molecule has 1 rings (SSSR count). The molecule has 1 heterocycles. The molecule has 0 saturated carbocycles. The van der Waals surface area contributed by atoms with Crippen molar-refractivity contribution in [2.45, 2.75) is 128 Å². The van der Waals surface area contributed by atoms with Gasteiger partial charge in [0.2, 0.25) is 0 Å². The Morgan fingerprint density at radius 2 is 1.37 bits per heavy atom. The molecule has 1 radical (unpaired) electrons.